The number of carbonyl (C=O) groups is 2. The maximum Gasteiger partial charge on any atom is 0.262 e. The van der Waals surface area contributed by atoms with Crippen molar-refractivity contribution in [1.29, 1.82) is 0 Å². The van der Waals surface area contributed by atoms with Crippen LogP contribution in [0.5, 0.6) is 11.5 Å². The van der Waals surface area contributed by atoms with Gasteiger partial charge in [0.05, 0.1) is 11.7 Å². The first-order chi connectivity index (χ1) is 15.9. The second-order valence-corrected chi connectivity index (χ2v) is 7.71. The first-order valence-corrected chi connectivity index (χ1v) is 10.8. The number of rotatable bonds is 8. The molecular weight excluding hydrogens is 438 g/mol. The number of amides is 2. The molecule has 3 rings (SSSR count). The minimum absolute atomic E-state index is 0.0694. The summed E-state index contributed by atoms with van der Waals surface area (Å²) in [5.74, 6) is 0.416. The molecule has 7 nitrogen and oxygen atoms in total. The predicted molar refractivity (Wildman–Crippen MR) is 133 cm³/mol. The number of hydrogen-bond donors (Lipinski definition) is 3. The van der Waals surface area contributed by atoms with E-state index in [1.165, 1.54) is 0 Å². The number of anilines is 2. The molecular formula is C25H25N3O4S. The average molecular weight is 464 g/mol. The van der Waals surface area contributed by atoms with Crippen molar-refractivity contribution < 1.29 is 19.1 Å². The molecule has 2 amide bonds. The molecule has 0 heterocycles. The molecule has 0 atom stereocenters. The molecule has 0 fully saturated rings. The summed E-state index contributed by atoms with van der Waals surface area (Å²) < 4.78 is 11.1. The predicted octanol–water partition coefficient (Wildman–Crippen LogP) is 4.62. The fraction of sp³-hybridized carbons (Fsp3) is 0.160. The van der Waals surface area contributed by atoms with E-state index in [-0.39, 0.29) is 29.6 Å². The Balaban J connectivity index is 1.55. The monoisotopic (exact) mass is 463 g/mol. The summed E-state index contributed by atoms with van der Waals surface area (Å²) in [5, 5.41) is 8.49. The maximum atomic E-state index is 12.7. The lowest BCUT2D eigenvalue weighted by Crippen LogP contribution is -2.34. The molecule has 0 aromatic heterocycles. The molecule has 8 heteroatoms. The molecule has 3 aromatic rings. The fourth-order valence-electron chi connectivity index (χ4n) is 2.88. The van der Waals surface area contributed by atoms with Crippen LogP contribution in [0, 0.1) is 0 Å². The molecule has 0 aliphatic carbocycles. The molecule has 0 saturated carbocycles. The van der Waals surface area contributed by atoms with Gasteiger partial charge in [0.25, 0.3) is 11.8 Å². The van der Waals surface area contributed by atoms with Crippen LogP contribution in [0.25, 0.3) is 0 Å². The van der Waals surface area contributed by atoms with Crippen molar-refractivity contribution in [1.82, 2.24) is 5.32 Å². The van der Waals surface area contributed by atoms with Gasteiger partial charge in [0.15, 0.2) is 11.7 Å². The summed E-state index contributed by atoms with van der Waals surface area (Å²) in [4.78, 5) is 24.8. The van der Waals surface area contributed by atoms with Crippen molar-refractivity contribution >= 4 is 40.5 Å². The maximum absolute atomic E-state index is 12.7. The Labute approximate surface area is 198 Å². The van der Waals surface area contributed by atoms with Crippen molar-refractivity contribution in [3.05, 3.63) is 84.4 Å². The summed E-state index contributed by atoms with van der Waals surface area (Å²) in [7, 11) is 0. The van der Waals surface area contributed by atoms with Crippen LogP contribution in [0.1, 0.15) is 24.2 Å². The molecule has 0 aliphatic heterocycles. The number of benzene rings is 3. The first kappa shape index (κ1) is 23.7. The highest BCUT2D eigenvalue weighted by Gasteiger charge is 2.14. The SMILES string of the molecule is CC(C)Oc1ccccc1C(=O)NC(=S)Nc1cccc(NC(=O)COc2ccccc2)c1. The van der Waals surface area contributed by atoms with E-state index in [1.807, 2.05) is 32.0 Å². The van der Waals surface area contributed by atoms with Crippen molar-refractivity contribution in [2.75, 3.05) is 17.2 Å². The van der Waals surface area contributed by atoms with Gasteiger partial charge < -0.3 is 20.1 Å². The average Bonchev–Trinajstić information content (AvgIpc) is 2.78. The van der Waals surface area contributed by atoms with Crippen LogP contribution in [0.15, 0.2) is 78.9 Å². The van der Waals surface area contributed by atoms with Gasteiger partial charge in [0.2, 0.25) is 0 Å². The summed E-state index contributed by atoms with van der Waals surface area (Å²) >= 11 is 5.28. The minimum Gasteiger partial charge on any atom is -0.490 e. The highest BCUT2D eigenvalue weighted by Crippen LogP contribution is 2.20. The van der Waals surface area contributed by atoms with Crippen molar-refractivity contribution in [2.45, 2.75) is 20.0 Å². The Morgan fingerprint density at radius 2 is 1.55 bits per heavy atom. The Morgan fingerprint density at radius 1 is 0.879 bits per heavy atom. The number of para-hydroxylation sites is 2. The standard InChI is InChI=1S/C25H25N3O4S/c1-17(2)32-22-14-7-6-13-21(22)24(30)28-25(33)27-19-10-8-9-18(15-19)26-23(29)16-31-20-11-4-3-5-12-20/h3-15,17H,16H2,1-2H3,(H,26,29)(H2,27,28,30,33). The van der Waals surface area contributed by atoms with Gasteiger partial charge in [-0.25, -0.2) is 0 Å². The highest BCUT2D eigenvalue weighted by atomic mass is 32.1. The van der Waals surface area contributed by atoms with Gasteiger partial charge in [-0.3, -0.25) is 14.9 Å². The quantitative estimate of drug-likeness (QED) is 0.423. The smallest absolute Gasteiger partial charge is 0.262 e. The summed E-state index contributed by atoms with van der Waals surface area (Å²) in [6.07, 6.45) is -0.0694. The van der Waals surface area contributed by atoms with Crippen molar-refractivity contribution in [3.63, 3.8) is 0 Å². The van der Waals surface area contributed by atoms with E-state index in [2.05, 4.69) is 16.0 Å². The van der Waals surface area contributed by atoms with Gasteiger partial charge in [-0.1, -0.05) is 36.4 Å². The van der Waals surface area contributed by atoms with Crippen LogP contribution < -0.4 is 25.4 Å². The lowest BCUT2D eigenvalue weighted by molar-refractivity contribution is -0.118. The lowest BCUT2D eigenvalue weighted by Gasteiger charge is -2.15. The van der Waals surface area contributed by atoms with Gasteiger partial charge in [-0.05, 0) is 68.5 Å². The lowest BCUT2D eigenvalue weighted by atomic mass is 10.2. The molecule has 33 heavy (non-hydrogen) atoms. The Kier molecular flexibility index (Phi) is 8.37. The third-order valence-electron chi connectivity index (χ3n) is 4.24. The molecule has 0 saturated heterocycles. The number of carbonyl (C=O) groups excluding carboxylic acids is 2. The topological polar surface area (TPSA) is 88.7 Å². The van der Waals surface area contributed by atoms with E-state index < -0.39 is 0 Å². The first-order valence-electron chi connectivity index (χ1n) is 10.4. The van der Waals surface area contributed by atoms with E-state index >= 15 is 0 Å². The fourth-order valence-corrected chi connectivity index (χ4v) is 3.09. The highest BCUT2D eigenvalue weighted by molar-refractivity contribution is 7.80. The van der Waals surface area contributed by atoms with E-state index in [0.29, 0.717) is 28.4 Å². The molecule has 3 aromatic carbocycles. The summed E-state index contributed by atoms with van der Waals surface area (Å²) in [6.45, 7) is 3.66. The van der Waals surface area contributed by atoms with Crippen LogP contribution in [0.3, 0.4) is 0 Å². The number of thiocarbonyl (C=S) groups is 1. The molecule has 0 unspecified atom stereocenters. The second kappa shape index (κ2) is 11.6. The van der Waals surface area contributed by atoms with Crippen LogP contribution in [0.4, 0.5) is 11.4 Å². The van der Waals surface area contributed by atoms with Crippen molar-refractivity contribution in [3.8, 4) is 11.5 Å². The van der Waals surface area contributed by atoms with Gasteiger partial charge in [0, 0.05) is 11.4 Å². The van der Waals surface area contributed by atoms with E-state index in [1.54, 1.807) is 60.7 Å². The van der Waals surface area contributed by atoms with Gasteiger partial charge >= 0.3 is 0 Å². The Morgan fingerprint density at radius 3 is 2.27 bits per heavy atom. The molecule has 0 aliphatic rings. The van der Waals surface area contributed by atoms with E-state index in [9.17, 15) is 9.59 Å². The third kappa shape index (κ3) is 7.62. The van der Waals surface area contributed by atoms with Gasteiger partial charge in [0.1, 0.15) is 11.5 Å². The minimum atomic E-state index is -0.383. The zero-order valence-electron chi connectivity index (χ0n) is 18.3. The molecule has 170 valence electrons. The number of hydrogen-bond acceptors (Lipinski definition) is 5. The Hall–Kier alpha value is -3.91. The summed E-state index contributed by atoms with van der Waals surface area (Å²) in [6, 6.07) is 23.0. The molecule has 3 N–H and O–H groups in total. The zero-order valence-corrected chi connectivity index (χ0v) is 19.1. The van der Waals surface area contributed by atoms with Crippen LogP contribution in [0.2, 0.25) is 0 Å². The van der Waals surface area contributed by atoms with Crippen LogP contribution >= 0.6 is 12.2 Å². The van der Waals surface area contributed by atoms with E-state index in [0.717, 1.165) is 0 Å². The number of ether oxygens (including phenoxy) is 2. The van der Waals surface area contributed by atoms with Gasteiger partial charge in [-0.2, -0.15) is 0 Å². The third-order valence-corrected chi connectivity index (χ3v) is 4.44. The summed E-state index contributed by atoms with van der Waals surface area (Å²) in [5.41, 5.74) is 1.55. The van der Waals surface area contributed by atoms with Crippen LogP contribution in [-0.2, 0) is 4.79 Å². The second-order valence-electron chi connectivity index (χ2n) is 7.30. The van der Waals surface area contributed by atoms with Crippen molar-refractivity contribution in [2.24, 2.45) is 0 Å². The van der Waals surface area contributed by atoms with Crippen LogP contribution in [-0.4, -0.2) is 29.6 Å². The largest absolute Gasteiger partial charge is 0.490 e. The Bertz CT molecular complexity index is 1120. The zero-order chi connectivity index (χ0) is 23.6. The molecule has 0 bridgehead atoms. The van der Waals surface area contributed by atoms with E-state index in [4.69, 9.17) is 21.7 Å². The molecule has 0 spiro atoms. The molecule has 0 radical (unpaired) electrons. The normalized spacial score (nSPS) is 10.3. The number of nitrogens with one attached hydrogen (secondary N) is 3. The van der Waals surface area contributed by atoms with Gasteiger partial charge in [-0.15, -0.1) is 0 Å².